The Hall–Kier alpha value is -1.95. The van der Waals surface area contributed by atoms with Gasteiger partial charge in [0.25, 0.3) is 0 Å². The van der Waals surface area contributed by atoms with Crippen LogP contribution < -0.4 is 0 Å². The summed E-state index contributed by atoms with van der Waals surface area (Å²) in [5.41, 5.74) is 0.642. The van der Waals surface area contributed by atoms with Crippen molar-refractivity contribution in [1.29, 1.82) is 0 Å². The number of hydrogen-bond donors (Lipinski definition) is 1. The average Bonchev–Trinajstić information content (AvgIpc) is 2.29. The largest absolute Gasteiger partial charge is 0.477 e. The van der Waals surface area contributed by atoms with Crippen molar-refractivity contribution in [3.05, 3.63) is 42.0 Å². The third-order valence-electron chi connectivity index (χ3n) is 1.91. The monoisotopic (exact) mass is 247 g/mol. The molecule has 0 aliphatic rings. The van der Waals surface area contributed by atoms with Gasteiger partial charge in [-0.2, -0.15) is 0 Å². The number of carboxylic acids is 1. The second kappa shape index (κ2) is 4.92. The Morgan fingerprint density at radius 1 is 1.29 bits per heavy atom. The highest BCUT2D eigenvalue weighted by Gasteiger charge is 2.09. The summed E-state index contributed by atoms with van der Waals surface area (Å²) in [6.07, 6.45) is 3.33. The SMILES string of the molecule is Cc1cc(C(=O)O)nc(Sc2ccncc2)n1. The highest BCUT2D eigenvalue weighted by molar-refractivity contribution is 7.99. The first kappa shape index (κ1) is 11.5. The highest BCUT2D eigenvalue weighted by Crippen LogP contribution is 2.23. The van der Waals surface area contributed by atoms with Crippen molar-refractivity contribution >= 4 is 17.7 Å². The molecule has 2 heterocycles. The molecule has 2 rings (SSSR count). The zero-order chi connectivity index (χ0) is 12.3. The molecule has 6 heteroatoms. The standard InChI is InChI=1S/C11H9N3O2S/c1-7-6-9(10(15)16)14-11(13-7)17-8-2-4-12-5-3-8/h2-6H,1H3,(H,15,16). The van der Waals surface area contributed by atoms with E-state index in [1.165, 1.54) is 17.8 Å². The highest BCUT2D eigenvalue weighted by atomic mass is 32.2. The number of carboxylic acid groups (broad SMARTS) is 1. The van der Waals surface area contributed by atoms with Crippen molar-refractivity contribution in [2.24, 2.45) is 0 Å². The van der Waals surface area contributed by atoms with Gasteiger partial charge in [-0.05, 0) is 36.9 Å². The van der Waals surface area contributed by atoms with Crippen molar-refractivity contribution in [1.82, 2.24) is 15.0 Å². The Morgan fingerprint density at radius 2 is 2.00 bits per heavy atom. The minimum atomic E-state index is -1.05. The molecule has 5 nitrogen and oxygen atoms in total. The van der Waals surface area contributed by atoms with Crippen LogP contribution in [0.2, 0.25) is 0 Å². The fourth-order valence-electron chi connectivity index (χ4n) is 1.21. The molecule has 2 aromatic rings. The van der Waals surface area contributed by atoms with Gasteiger partial charge in [0, 0.05) is 23.0 Å². The number of carbonyl (C=O) groups is 1. The summed E-state index contributed by atoms with van der Waals surface area (Å²) >= 11 is 1.31. The van der Waals surface area contributed by atoms with Crippen LogP contribution in [0.4, 0.5) is 0 Å². The van der Waals surface area contributed by atoms with E-state index in [0.717, 1.165) is 4.90 Å². The Kier molecular flexibility index (Phi) is 3.34. The van der Waals surface area contributed by atoms with Gasteiger partial charge in [-0.3, -0.25) is 4.98 Å². The first-order valence-corrected chi connectivity index (χ1v) is 5.63. The van der Waals surface area contributed by atoms with E-state index in [-0.39, 0.29) is 5.69 Å². The molecule has 1 N–H and O–H groups in total. The van der Waals surface area contributed by atoms with E-state index in [1.54, 1.807) is 19.3 Å². The topological polar surface area (TPSA) is 76.0 Å². The normalized spacial score (nSPS) is 10.2. The summed E-state index contributed by atoms with van der Waals surface area (Å²) in [6, 6.07) is 5.08. The van der Waals surface area contributed by atoms with Gasteiger partial charge < -0.3 is 5.11 Å². The third kappa shape index (κ3) is 3.01. The number of aromatic nitrogens is 3. The van der Waals surface area contributed by atoms with Gasteiger partial charge >= 0.3 is 5.97 Å². The maximum absolute atomic E-state index is 10.8. The number of aryl methyl sites for hydroxylation is 1. The Bertz CT molecular complexity index is 546. The molecule has 0 unspecified atom stereocenters. The van der Waals surface area contributed by atoms with Gasteiger partial charge in [-0.15, -0.1) is 0 Å². The van der Waals surface area contributed by atoms with E-state index in [9.17, 15) is 4.79 Å². The molecule has 0 aromatic carbocycles. The zero-order valence-corrected chi connectivity index (χ0v) is 9.81. The van der Waals surface area contributed by atoms with E-state index in [1.807, 2.05) is 12.1 Å². The molecule has 17 heavy (non-hydrogen) atoms. The first-order chi connectivity index (χ1) is 8.15. The molecule has 86 valence electrons. The Labute approximate surface area is 102 Å². The number of rotatable bonds is 3. The van der Waals surface area contributed by atoms with Crippen molar-refractivity contribution in [3.8, 4) is 0 Å². The summed E-state index contributed by atoms with van der Waals surface area (Å²) in [5.74, 6) is -1.05. The van der Waals surface area contributed by atoms with Gasteiger partial charge in [-0.1, -0.05) is 0 Å². The summed E-state index contributed by atoms with van der Waals surface area (Å²) in [4.78, 5) is 23.8. The number of aromatic carboxylic acids is 1. The second-order valence-corrected chi connectivity index (χ2v) is 4.31. The van der Waals surface area contributed by atoms with Crippen LogP contribution in [0, 0.1) is 6.92 Å². The lowest BCUT2D eigenvalue weighted by atomic mass is 10.3. The quantitative estimate of drug-likeness (QED) is 0.836. The lowest BCUT2D eigenvalue weighted by molar-refractivity contribution is 0.0689. The smallest absolute Gasteiger partial charge is 0.354 e. The Morgan fingerprint density at radius 3 is 2.65 bits per heavy atom. The lowest BCUT2D eigenvalue weighted by Gasteiger charge is -2.02. The van der Waals surface area contributed by atoms with E-state index < -0.39 is 5.97 Å². The van der Waals surface area contributed by atoms with Gasteiger partial charge in [0.2, 0.25) is 0 Å². The summed E-state index contributed by atoms with van der Waals surface area (Å²) in [6.45, 7) is 1.74. The Balaban J connectivity index is 2.30. The molecule has 0 fully saturated rings. The van der Waals surface area contributed by atoms with Crippen LogP contribution in [-0.2, 0) is 0 Å². The fourth-order valence-corrected chi connectivity index (χ4v) is 2.01. The van der Waals surface area contributed by atoms with Crippen molar-refractivity contribution in [2.75, 3.05) is 0 Å². The van der Waals surface area contributed by atoms with Crippen molar-refractivity contribution in [2.45, 2.75) is 17.0 Å². The summed E-state index contributed by atoms with van der Waals surface area (Å²) in [5, 5.41) is 9.31. The second-order valence-electron chi connectivity index (χ2n) is 3.27. The molecule has 0 bridgehead atoms. The molecule has 0 saturated heterocycles. The van der Waals surface area contributed by atoms with Crippen LogP contribution in [0.25, 0.3) is 0 Å². The maximum atomic E-state index is 10.8. The zero-order valence-electron chi connectivity index (χ0n) is 8.99. The van der Waals surface area contributed by atoms with Gasteiger partial charge in [-0.25, -0.2) is 14.8 Å². The maximum Gasteiger partial charge on any atom is 0.354 e. The molecule has 0 saturated carbocycles. The minimum Gasteiger partial charge on any atom is -0.477 e. The van der Waals surface area contributed by atoms with Crippen LogP contribution in [0.1, 0.15) is 16.2 Å². The predicted molar refractivity (Wildman–Crippen MR) is 62.1 cm³/mol. The number of nitrogens with zero attached hydrogens (tertiary/aromatic N) is 3. The van der Waals surface area contributed by atoms with E-state index in [0.29, 0.717) is 10.9 Å². The van der Waals surface area contributed by atoms with Crippen LogP contribution in [0.5, 0.6) is 0 Å². The molecule has 0 atom stereocenters. The van der Waals surface area contributed by atoms with Crippen molar-refractivity contribution in [3.63, 3.8) is 0 Å². The van der Waals surface area contributed by atoms with Gasteiger partial charge in [0.15, 0.2) is 10.9 Å². The average molecular weight is 247 g/mol. The van der Waals surface area contributed by atoms with Gasteiger partial charge in [0.05, 0.1) is 0 Å². The van der Waals surface area contributed by atoms with Crippen LogP contribution in [-0.4, -0.2) is 26.0 Å². The number of hydrogen-bond acceptors (Lipinski definition) is 5. The summed E-state index contributed by atoms with van der Waals surface area (Å²) < 4.78 is 0. The molecular weight excluding hydrogens is 238 g/mol. The first-order valence-electron chi connectivity index (χ1n) is 4.82. The third-order valence-corrected chi connectivity index (χ3v) is 2.78. The minimum absolute atomic E-state index is 0.00839. The predicted octanol–water partition coefficient (Wildman–Crippen LogP) is 2.03. The molecular formula is C11H9N3O2S. The van der Waals surface area contributed by atoms with E-state index in [2.05, 4.69) is 15.0 Å². The summed E-state index contributed by atoms with van der Waals surface area (Å²) in [7, 11) is 0. The molecule has 0 spiro atoms. The van der Waals surface area contributed by atoms with Crippen LogP contribution >= 0.6 is 11.8 Å². The molecule has 2 aromatic heterocycles. The fraction of sp³-hybridized carbons (Fsp3) is 0.0909. The number of pyridine rings is 1. The van der Waals surface area contributed by atoms with E-state index >= 15 is 0 Å². The van der Waals surface area contributed by atoms with Crippen LogP contribution in [0.15, 0.2) is 40.6 Å². The van der Waals surface area contributed by atoms with Gasteiger partial charge in [0.1, 0.15) is 0 Å². The molecule has 0 radical (unpaired) electrons. The molecule has 0 aliphatic heterocycles. The van der Waals surface area contributed by atoms with E-state index in [4.69, 9.17) is 5.11 Å². The van der Waals surface area contributed by atoms with Crippen molar-refractivity contribution < 1.29 is 9.90 Å². The lowest BCUT2D eigenvalue weighted by Crippen LogP contribution is -2.03. The molecule has 0 amide bonds. The molecule has 0 aliphatic carbocycles. The van der Waals surface area contributed by atoms with Crippen LogP contribution in [0.3, 0.4) is 0 Å².